The van der Waals surface area contributed by atoms with E-state index < -0.39 is 5.91 Å². The van der Waals surface area contributed by atoms with E-state index in [4.69, 9.17) is 15.2 Å². The van der Waals surface area contributed by atoms with Gasteiger partial charge in [0.25, 0.3) is 5.91 Å². The van der Waals surface area contributed by atoms with Crippen LogP contribution in [0.15, 0.2) is 37.4 Å². The molecule has 1 aromatic heterocycles. The van der Waals surface area contributed by atoms with Crippen LogP contribution in [0.1, 0.15) is 23.0 Å². The van der Waals surface area contributed by atoms with Gasteiger partial charge in [-0.3, -0.25) is 4.79 Å². The lowest BCUT2D eigenvalue weighted by molar-refractivity contribution is 0.0996. The topological polar surface area (TPSA) is 103 Å². The largest absolute Gasteiger partial charge is 0.490 e. The van der Waals surface area contributed by atoms with E-state index in [1.165, 1.54) is 0 Å². The van der Waals surface area contributed by atoms with Gasteiger partial charge in [-0.1, -0.05) is 18.7 Å². The van der Waals surface area contributed by atoms with Crippen LogP contribution in [-0.2, 0) is 6.42 Å². The average Bonchev–Trinajstić information content (AvgIpc) is 3.04. The predicted molar refractivity (Wildman–Crippen MR) is 91.1 cm³/mol. The number of hydrogen-bond donors (Lipinski definition) is 2. The Morgan fingerprint density at radius 3 is 2.71 bits per heavy atom. The summed E-state index contributed by atoms with van der Waals surface area (Å²) in [5, 5.41) is 10.2. The molecule has 3 N–H and O–H groups in total. The monoisotopic (exact) mass is 328 g/mol. The number of nitrogens with two attached hydrogens (primary N) is 1. The number of primary amides is 1. The maximum atomic E-state index is 11.5. The molecule has 24 heavy (non-hydrogen) atoms. The van der Waals surface area contributed by atoms with Crippen LogP contribution < -0.4 is 15.2 Å². The molecule has 1 aromatic carbocycles. The molecular formula is C17H20N4O3. The number of amides is 1. The van der Waals surface area contributed by atoms with E-state index in [2.05, 4.69) is 28.6 Å². The normalized spacial score (nSPS) is 10.2. The SMILES string of the molecule is C=CCOc1c(CC=C)cc(-c2n[nH]nc2C(N)=O)cc1OCC. The van der Waals surface area contributed by atoms with Crippen LogP contribution in [0, 0.1) is 0 Å². The Hall–Kier alpha value is -3.09. The molecule has 0 saturated carbocycles. The number of nitrogens with one attached hydrogen (secondary N) is 1. The molecule has 0 fully saturated rings. The Balaban J connectivity index is 2.60. The van der Waals surface area contributed by atoms with Crippen molar-refractivity contribution >= 4 is 5.91 Å². The first-order valence-corrected chi connectivity index (χ1v) is 7.47. The molecule has 0 aliphatic rings. The lowest BCUT2D eigenvalue weighted by Crippen LogP contribution is -2.13. The Morgan fingerprint density at radius 2 is 2.08 bits per heavy atom. The van der Waals surface area contributed by atoms with E-state index in [0.717, 1.165) is 5.56 Å². The smallest absolute Gasteiger partial charge is 0.271 e. The Bertz CT molecular complexity index is 752. The van der Waals surface area contributed by atoms with E-state index in [9.17, 15) is 4.79 Å². The fraction of sp³-hybridized carbons (Fsp3) is 0.235. The lowest BCUT2D eigenvalue weighted by atomic mass is 10.0. The van der Waals surface area contributed by atoms with Gasteiger partial charge in [0.15, 0.2) is 17.2 Å². The maximum Gasteiger partial charge on any atom is 0.271 e. The zero-order valence-electron chi connectivity index (χ0n) is 13.5. The van der Waals surface area contributed by atoms with Gasteiger partial charge in [0.1, 0.15) is 12.3 Å². The van der Waals surface area contributed by atoms with Gasteiger partial charge in [0, 0.05) is 11.1 Å². The number of allylic oxidation sites excluding steroid dienone is 1. The van der Waals surface area contributed by atoms with E-state index in [1.54, 1.807) is 18.2 Å². The van der Waals surface area contributed by atoms with Gasteiger partial charge >= 0.3 is 0 Å². The molecule has 1 heterocycles. The number of carbonyl (C=O) groups excluding carboxylic acids is 1. The molecule has 0 radical (unpaired) electrons. The lowest BCUT2D eigenvalue weighted by Gasteiger charge is -2.16. The highest BCUT2D eigenvalue weighted by atomic mass is 16.5. The Kier molecular flexibility index (Phi) is 5.73. The third kappa shape index (κ3) is 3.62. The fourth-order valence-corrected chi connectivity index (χ4v) is 2.28. The van der Waals surface area contributed by atoms with E-state index in [0.29, 0.717) is 42.4 Å². The molecular weight excluding hydrogens is 308 g/mol. The van der Waals surface area contributed by atoms with Crippen LogP contribution in [0.2, 0.25) is 0 Å². The highest BCUT2D eigenvalue weighted by Gasteiger charge is 2.20. The Morgan fingerprint density at radius 1 is 1.29 bits per heavy atom. The van der Waals surface area contributed by atoms with Crippen molar-refractivity contribution in [3.8, 4) is 22.8 Å². The van der Waals surface area contributed by atoms with Gasteiger partial charge in [-0.25, -0.2) is 0 Å². The number of ether oxygens (including phenoxy) is 2. The molecule has 1 amide bonds. The van der Waals surface area contributed by atoms with Gasteiger partial charge < -0.3 is 15.2 Å². The number of aromatic amines is 1. The van der Waals surface area contributed by atoms with Gasteiger partial charge in [-0.15, -0.1) is 6.58 Å². The number of rotatable bonds is 9. The second-order valence-electron chi connectivity index (χ2n) is 4.87. The zero-order chi connectivity index (χ0) is 17.5. The van der Waals surface area contributed by atoms with Gasteiger partial charge in [-0.05, 0) is 25.5 Å². The quantitative estimate of drug-likeness (QED) is 0.687. The third-order valence-corrected chi connectivity index (χ3v) is 3.20. The van der Waals surface area contributed by atoms with Crippen molar-refractivity contribution in [2.45, 2.75) is 13.3 Å². The first kappa shape index (κ1) is 17.3. The predicted octanol–water partition coefficient (Wildman–Crippen LogP) is 2.26. The molecule has 0 atom stereocenters. The standard InChI is InChI=1S/C17H20N4O3/c1-4-7-11-9-12(14-15(17(18)22)20-21-19-14)10-13(23-6-3)16(11)24-8-5-2/h4-5,9-10H,1-2,6-8H2,3H3,(H2,18,22)(H,19,20,21). The maximum absolute atomic E-state index is 11.5. The van der Waals surface area contributed by atoms with Gasteiger partial charge in [0.05, 0.1) is 6.61 Å². The van der Waals surface area contributed by atoms with Crippen molar-refractivity contribution in [3.05, 3.63) is 48.7 Å². The molecule has 0 unspecified atom stereocenters. The zero-order valence-corrected chi connectivity index (χ0v) is 13.5. The Labute approximate surface area is 140 Å². The highest BCUT2D eigenvalue weighted by Crippen LogP contribution is 2.37. The second-order valence-corrected chi connectivity index (χ2v) is 4.87. The van der Waals surface area contributed by atoms with Gasteiger partial charge in [0.2, 0.25) is 0 Å². The summed E-state index contributed by atoms with van der Waals surface area (Å²) in [5.74, 6) is 0.505. The summed E-state index contributed by atoms with van der Waals surface area (Å²) >= 11 is 0. The van der Waals surface area contributed by atoms with Crippen LogP contribution in [-0.4, -0.2) is 34.5 Å². The highest BCUT2D eigenvalue weighted by molar-refractivity contribution is 5.96. The van der Waals surface area contributed by atoms with Crippen LogP contribution in [0.3, 0.4) is 0 Å². The molecule has 0 bridgehead atoms. The summed E-state index contributed by atoms with van der Waals surface area (Å²) in [4.78, 5) is 11.5. The van der Waals surface area contributed by atoms with E-state index >= 15 is 0 Å². The number of aromatic nitrogens is 3. The van der Waals surface area contributed by atoms with Crippen molar-refractivity contribution in [1.82, 2.24) is 15.4 Å². The second kappa shape index (κ2) is 7.96. The van der Waals surface area contributed by atoms with Crippen molar-refractivity contribution in [2.24, 2.45) is 5.73 Å². The third-order valence-electron chi connectivity index (χ3n) is 3.20. The number of benzene rings is 1. The molecule has 7 nitrogen and oxygen atoms in total. The summed E-state index contributed by atoms with van der Waals surface area (Å²) in [6.45, 7) is 10.1. The number of H-pyrrole nitrogens is 1. The summed E-state index contributed by atoms with van der Waals surface area (Å²) < 4.78 is 11.4. The van der Waals surface area contributed by atoms with Crippen molar-refractivity contribution in [3.63, 3.8) is 0 Å². The molecule has 0 saturated heterocycles. The van der Waals surface area contributed by atoms with Crippen LogP contribution in [0.25, 0.3) is 11.3 Å². The van der Waals surface area contributed by atoms with Crippen LogP contribution >= 0.6 is 0 Å². The first-order chi connectivity index (χ1) is 11.6. The summed E-state index contributed by atoms with van der Waals surface area (Å²) in [7, 11) is 0. The van der Waals surface area contributed by atoms with Crippen molar-refractivity contribution in [2.75, 3.05) is 13.2 Å². The summed E-state index contributed by atoms with van der Waals surface area (Å²) in [6, 6.07) is 3.60. The first-order valence-electron chi connectivity index (χ1n) is 7.47. The molecule has 0 aliphatic carbocycles. The number of carbonyl (C=O) groups is 1. The molecule has 2 aromatic rings. The summed E-state index contributed by atoms with van der Waals surface area (Å²) in [5.41, 5.74) is 7.29. The van der Waals surface area contributed by atoms with Crippen LogP contribution in [0.4, 0.5) is 0 Å². The van der Waals surface area contributed by atoms with Crippen LogP contribution in [0.5, 0.6) is 11.5 Å². The molecule has 0 aliphatic heterocycles. The molecule has 0 spiro atoms. The number of nitrogens with zero attached hydrogens (tertiary/aromatic N) is 2. The minimum atomic E-state index is -0.658. The fourth-order valence-electron chi connectivity index (χ4n) is 2.28. The minimum absolute atomic E-state index is 0.0711. The van der Waals surface area contributed by atoms with E-state index in [1.807, 2.05) is 13.0 Å². The average molecular weight is 328 g/mol. The molecule has 126 valence electrons. The number of hydrogen-bond acceptors (Lipinski definition) is 5. The molecule has 2 rings (SSSR count). The summed E-state index contributed by atoms with van der Waals surface area (Å²) in [6.07, 6.45) is 3.97. The van der Waals surface area contributed by atoms with Gasteiger partial charge in [-0.2, -0.15) is 15.4 Å². The minimum Gasteiger partial charge on any atom is -0.490 e. The van der Waals surface area contributed by atoms with E-state index in [-0.39, 0.29) is 5.69 Å². The van der Waals surface area contributed by atoms with Crippen molar-refractivity contribution in [1.29, 1.82) is 0 Å². The molecule has 7 heteroatoms. The van der Waals surface area contributed by atoms with Crippen molar-refractivity contribution < 1.29 is 14.3 Å².